The third kappa shape index (κ3) is 3.43. The van der Waals surface area contributed by atoms with Crippen LogP contribution in [0.1, 0.15) is 45.7 Å². The van der Waals surface area contributed by atoms with Gasteiger partial charge in [0.05, 0.1) is 10.2 Å². The summed E-state index contributed by atoms with van der Waals surface area (Å²) in [6.45, 7) is 10.2. The van der Waals surface area contributed by atoms with Gasteiger partial charge in [0, 0.05) is 19.3 Å². The molecule has 1 N–H and O–H groups in total. The molecular formula is C15H22BrN5. The van der Waals surface area contributed by atoms with Gasteiger partial charge in [0.25, 0.3) is 0 Å². The first kappa shape index (κ1) is 15.9. The number of hydrogen-bond acceptors (Lipinski definition) is 4. The van der Waals surface area contributed by atoms with E-state index in [9.17, 15) is 0 Å². The van der Waals surface area contributed by atoms with Crippen molar-refractivity contribution in [1.82, 2.24) is 19.7 Å². The van der Waals surface area contributed by atoms with Crippen molar-refractivity contribution in [2.24, 2.45) is 0 Å². The highest BCUT2D eigenvalue weighted by atomic mass is 79.9. The van der Waals surface area contributed by atoms with Crippen LogP contribution < -0.4 is 5.32 Å². The van der Waals surface area contributed by atoms with Gasteiger partial charge < -0.3 is 5.32 Å². The maximum absolute atomic E-state index is 4.74. The molecule has 2 aromatic heterocycles. The Morgan fingerprint density at radius 3 is 2.67 bits per heavy atom. The van der Waals surface area contributed by atoms with Crippen LogP contribution in [0.15, 0.2) is 16.7 Å². The van der Waals surface area contributed by atoms with Crippen LogP contribution in [0.5, 0.6) is 0 Å². The number of rotatable bonds is 6. The minimum Gasteiger partial charge on any atom is -0.369 e. The summed E-state index contributed by atoms with van der Waals surface area (Å²) < 4.78 is 2.91. The molecule has 0 aliphatic heterocycles. The molecular weight excluding hydrogens is 330 g/mol. The van der Waals surface area contributed by atoms with Crippen molar-refractivity contribution in [2.75, 3.05) is 11.9 Å². The number of nitrogens with one attached hydrogen (secondary N) is 1. The number of aromatic nitrogens is 4. The molecule has 0 spiro atoms. The van der Waals surface area contributed by atoms with Crippen molar-refractivity contribution in [1.29, 1.82) is 0 Å². The van der Waals surface area contributed by atoms with Gasteiger partial charge >= 0.3 is 0 Å². The van der Waals surface area contributed by atoms with Crippen molar-refractivity contribution >= 4 is 21.7 Å². The van der Waals surface area contributed by atoms with Gasteiger partial charge in [-0.2, -0.15) is 5.10 Å². The maximum atomic E-state index is 4.74. The molecule has 6 heteroatoms. The van der Waals surface area contributed by atoms with Crippen LogP contribution >= 0.6 is 15.9 Å². The first-order chi connectivity index (χ1) is 10.1. The van der Waals surface area contributed by atoms with E-state index in [2.05, 4.69) is 59.0 Å². The zero-order valence-corrected chi connectivity index (χ0v) is 14.6. The molecule has 114 valence electrons. The molecule has 0 amide bonds. The lowest BCUT2D eigenvalue weighted by Gasteiger charge is -2.14. The minimum absolute atomic E-state index is 0.320. The third-order valence-corrected chi connectivity index (χ3v) is 3.93. The molecule has 2 aromatic rings. The second-order valence-corrected chi connectivity index (χ2v) is 6.01. The lowest BCUT2D eigenvalue weighted by molar-refractivity contribution is 0.606. The van der Waals surface area contributed by atoms with E-state index in [1.807, 2.05) is 10.7 Å². The molecule has 0 bridgehead atoms. The van der Waals surface area contributed by atoms with Crippen LogP contribution in [0.4, 0.5) is 5.82 Å². The van der Waals surface area contributed by atoms with Crippen molar-refractivity contribution in [3.8, 4) is 11.5 Å². The monoisotopic (exact) mass is 351 g/mol. The summed E-state index contributed by atoms with van der Waals surface area (Å²) in [6, 6.07) is 1.97. The molecule has 0 saturated heterocycles. The summed E-state index contributed by atoms with van der Waals surface area (Å²) in [7, 11) is 0. The van der Waals surface area contributed by atoms with Crippen molar-refractivity contribution in [2.45, 2.75) is 46.6 Å². The molecule has 21 heavy (non-hydrogen) atoms. The second kappa shape index (κ2) is 7.02. The highest BCUT2D eigenvalue weighted by molar-refractivity contribution is 9.10. The molecule has 0 unspecified atom stereocenters. The fourth-order valence-corrected chi connectivity index (χ4v) is 2.93. The van der Waals surface area contributed by atoms with Crippen LogP contribution in [0.2, 0.25) is 0 Å². The Hall–Kier alpha value is -1.43. The van der Waals surface area contributed by atoms with Crippen LogP contribution in [0.25, 0.3) is 11.5 Å². The van der Waals surface area contributed by atoms with Crippen LogP contribution in [-0.4, -0.2) is 26.3 Å². The summed E-state index contributed by atoms with van der Waals surface area (Å²) in [5.41, 5.74) is 1.98. The van der Waals surface area contributed by atoms with Gasteiger partial charge in [0.2, 0.25) is 0 Å². The predicted octanol–water partition coefficient (Wildman–Crippen LogP) is 4.07. The number of halogens is 1. The van der Waals surface area contributed by atoms with E-state index >= 15 is 0 Å². The van der Waals surface area contributed by atoms with E-state index in [0.29, 0.717) is 5.92 Å². The molecule has 2 rings (SSSR count). The lowest BCUT2D eigenvalue weighted by atomic mass is 10.1. The van der Waals surface area contributed by atoms with E-state index < -0.39 is 0 Å². The SMILES string of the molecule is CCCn1nccc1-c1nc(NCC)c(Br)c(C(C)C)n1. The van der Waals surface area contributed by atoms with Crippen molar-refractivity contribution in [3.05, 3.63) is 22.4 Å². The van der Waals surface area contributed by atoms with Crippen LogP contribution in [-0.2, 0) is 6.54 Å². The first-order valence-corrected chi connectivity index (χ1v) is 8.21. The zero-order valence-electron chi connectivity index (χ0n) is 13.0. The summed E-state index contributed by atoms with van der Waals surface area (Å²) in [5.74, 6) is 1.89. The van der Waals surface area contributed by atoms with Crippen molar-refractivity contribution in [3.63, 3.8) is 0 Å². The Morgan fingerprint density at radius 2 is 2.05 bits per heavy atom. The average Bonchev–Trinajstić information content (AvgIpc) is 2.89. The van der Waals surface area contributed by atoms with Crippen molar-refractivity contribution < 1.29 is 0 Å². The zero-order chi connectivity index (χ0) is 15.4. The van der Waals surface area contributed by atoms with Crippen LogP contribution in [0.3, 0.4) is 0 Å². The summed E-state index contributed by atoms with van der Waals surface area (Å²) in [6.07, 6.45) is 2.83. The largest absolute Gasteiger partial charge is 0.369 e. The fourth-order valence-electron chi connectivity index (χ4n) is 2.16. The highest BCUT2D eigenvalue weighted by Gasteiger charge is 2.17. The lowest BCUT2D eigenvalue weighted by Crippen LogP contribution is -2.09. The number of nitrogens with zero attached hydrogens (tertiary/aromatic N) is 4. The molecule has 2 heterocycles. The highest BCUT2D eigenvalue weighted by Crippen LogP contribution is 2.31. The van der Waals surface area contributed by atoms with E-state index in [-0.39, 0.29) is 0 Å². The Bertz CT molecular complexity index is 606. The summed E-state index contributed by atoms with van der Waals surface area (Å²) in [5, 5.41) is 7.66. The second-order valence-electron chi connectivity index (χ2n) is 5.22. The predicted molar refractivity (Wildman–Crippen MR) is 89.5 cm³/mol. The maximum Gasteiger partial charge on any atom is 0.180 e. The molecule has 5 nitrogen and oxygen atoms in total. The standard InChI is InChI=1S/C15H22BrN5/c1-5-9-21-11(7-8-18-21)14-19-13(10(3)4)12(16)15(20-14)17-6-2/h7-8,10H,5-6,9H2,1-4H3,(H,17,19,20). The number of anilines is 1. The molecule has 0 aliphatic rings. The van der Waals surface area contributed by atoms with Gasteiger partial charge in [-0.3, -0.25) is 4.68 Å². The Labute approximate surface area is 134 Å². The van der Waals surface area contributed by atoms with E-state index in [0.717, 1.165) is 47.0 Å². The van der Waals surface area contributed by atoms with E-state index in [1.54, 1.807) is 6.20 Å². The smallest absolute Gasteiger partial charge is 0.180 e. The van der Waals surface area contributed by atoms with Gasteiger partial charge in [-0.05, 0) is 41.3 Å². The average molecular weight is 352 g/mol. The van der Waals surface area contributed by atoms with Gasteiger partial charge in [-0.15, -0.1) is 0 Å². The fraction of sp³-hybridized carbons (Fsp3) is 0.533. The van der Waals surface area contributed by atoms with Crippen LogP contribution in [0, 0.1) is 0 Å². The first-order valence-electron chi connectivity index (χ1n) is 7.41. The van der Waals surface area contributed by atoms with Gasteiger partial charge in [-0.25, -0.2) is 9.97 Å². The summed E-state index contributed by atoms with van der Waals surface area (Å²) in [4.78, 5) is 9.40. The molecule has 0 radical (unpaired) electrons. The molecule has 0 atom stereocenters. The van der Waals surface area contributed by atoms with Gasteiger partial charge in [0.15, 0.2) is 5.82 Å². The number of aryl methyl sites for hydroxylation is 1. The van der Waals surface area contributed by atoms with Gasteiger partial charge in [-0.1, -0.05) is 20.8 Å². The minimum atomic E-state index is 0.320. The molecule has 0 fully saturated rings. The molecule has 0 aromatic carbocycles. The van der Waals surface area contributed by atoms with Gasteiger partial charge in [0.1, 0.15) is 11.5 Å². The third-order valence-electron chi connectivity index (χ3n) is 3.15. The normalized spacial score (nSPS) is 11.1. The molecule has 0 saturated carbocycles. The van der Waals surface area contributed by atoms with E-state index in [4.69, 9.17) is 4.98 Å². The number of hydrogen-bond donors (Lipinski definition) is 1. The Kier molecular flexibility index (Phi) is 5.33. The quantitative estimate of drug-likeness (QED) is 0.852. The Morgan fingerprint density at radius 1 is 1.29 bits per heavy atom. The summed E-state index contributed by atoms with van der Waals surface area (Å²) >= 11 is 3.62. The molecule has 0 aliphatic carbocycles. The van der Waals surface area contributed by atoms with E-state index in [1.165, 1.54) is 0 Å². The Balaban J connectivity index is 2.55. The topological polar surface area (TPSA) is 55.6 Å².